The number of hydrogen-bond acceptors (Lipinski definition) is 3. The van der Waals surface area contributed by atoms with Gasteiger partial charge in [0, 0.05) is 19.2 Å². The van der Waals surface area contributed by atoms with Gasteiger partial charge in [0.2, 0.25) is 0 Å². The van der Waals surface area contributed by atoms with Crippen molar-refractivity contribution in [2.24, 2.45) is 7.05 Å². The van der Waals surface area contributed by atoms with Gasteiger partial charge in [-0.05, 0) is 24.6 Å². The first-order valence-electron chi connectivity index (χ1n) is 4.86. The number of rotatable bonds is 2. The van der Waals surface area contributed by atoms with Crippen LogP contribution in [-0.4, -0.2) is 14.8 Å². The fourth-order valence-electron chi connectivity index (χ4n) is 1.42. The number of nitrogen functional groups attached to an aromatic ring is 1. The third-order valence-corrected chi connectivity index (χ3v) is 2.37. The quantitative estimate of drug-likeness (QED) is 0.747. The lowest BCUT2D eigenvalue weighted by atomic mass is 10.1. The van der Waals surface area contributed by atoms with E-state index < -0.39 is 0 Å². The molecule has 0 saturated heterocycles. The van der Waals surface area contributed by atoms with Crippen LogP contribution >= 0.6 is 0 Å². The van der Waals surface area contributed by atoms with Gasteiger partial charge in [0.05, 0.1) is 0 Å². The van der Waals surface area contributed by atoms with Crippen molar-refractivity contribution in [1.82, 2.24) is 14.8 Å². The maximum Gasteiger partial charge on any atom is 0.155 e. The monoisotopic (exact) mass is 202 g/mol. The minimum Gasteiger partial charge on any atom is -0.399 e. The van der Waals surface area contributed by atoms with Crippen molar-refractivity contribution in [2.75, 3.05) is 5.73 Å². The zero-order chi connectivity index (χ0) is 10.8. The first kappa shape index (κ1) is 9.71. The maximum atomic E-state index is 5.61. The average Bonchev–Trinajstić information content (AvgIpc) is 2.50. The van der Waals surface area contributed by atoms with Crippen LogP contribution in [0, 0.1) is 6.92 Å². The van der Waals surface area contributed by atoms with E-state index in [0.717, 1.165) is 23.8 Å². The van der Waals surface area contributed by atoms with Crippen LogP contribution in [0.4, 0.5) is 5.69 Å². The van der Waals surface area contributed by atoms with Crippen LogP contribution in [-0.2, 0) is 13.5 Å². The summed E-state index contributed by atoms with van der Waals surface area (Å²) in [4.78, 5) is 4.35. The summed E-state index contributed by atoms with van der Waals surface area (Å²) < 4.78 is 1.78. The summed E-state index contributed by atoms with van der Waals surface area (Å²) >= 11 is 0. The number of benzene rings is 1. The van der Waals surface area contributed by atoms with Crippen molar-refractivity contribution in [3.63, 3.8) is 0 Å². The highest BCUT2D eigenvalue weighted by Crippen LogP contribution is 2.09. The Hall–Kier alpha value is -1.84. The zero-order valence-electron chi connectivity index (χ0n) is 8.94. The molecule has 2 aromatic rings. The van der Waals surface area contributed by atoms with E-state index in [1.807, 2.05) is 38.2 Å². The maximum absolute atomic E-state index is 5.61. The second kappa shape index (κ2) is 3.73. The molecule has 0 unspecified atom stereocenters. The van der Waals surface area contributed by atoms with Gasteiger partial charge in [-0.25, -0.2) is 4.98 Å². The Labute approximate surface area is 88.8 Å². The van der Waals surface area contributed by atoms with Crippen LogP contribution in [0.5, 0.6) is 0 Å². The number of nitrogens with two attached hydrogens (primary N) is 1. The number of anilines is 1. The van der Waals surface area contributed by atoms with Gasteiger partial charge in [0.1, 0.15) is 5.82 Å². The summed E-state index contributed by atoms with van der Waals surface area (Å²) in [6.45, 7) is 1.94. The Kier molecular flexibility index (Phi) is 2.41. The molecule has 0 aliphatic heterocycles. The fourth-order valence-corrected chi connectivity index (χ4v) is 1.42. The SMILES string of the molecule is Cc1nc(Cc2ccc(N)cc2)nn1C. The summed E-state index contributed by atoms with van der Waals surface area (Å²) in [5.74, 6) is 1.78. The topological polar surface area (TPSA) is 56.7 Å². The van der Waals surface area contributed by atoms with E-state index in [-0.39, 0.29) is 0 Å². The normalized spacial score (nSPS) is 10.5. The molecule has 1 aromatic heterocycles. The molecule has 0 aliphatic rings. The number of hydrogen-bond donors (Lipinski definition) is 1. The van der Waals surface area contributed by atoms with E-state index in [2.05, 4.69) is 10.1 Å². The number of aromatic nitrogens is 3. The highest BCUT2D eigenvalue weighted by Gasteiger charge is 2.03. The first-order chi connectivity index (χ1) is 7.15. The molecule has 15 heavy (non-hydrogen) atoms. The third-order valence-electron chi connectivity index (χ3n) is 2.37. The fraction of sp³-hybridized carbons (Fsp3) is 0.273. The van der Waals surface area contributed by atoms with Crippen LogP contribution in [0.15, 0.2) is 24.3 Å². The third kappa shape index (κ3) is 2.15. The summed E-state index contributed by atoms with van der Waals surface area (Å²) in [6.07, 6.45) is 0.752. The van der Waals surface area contributed by atoms with Crippen molar-refractivity contribution >= 4 is 5.69 Å². The molecule has 1 heterocycles. The van der Waals surface area contributed by atoms with E-state index in [1.165, 1.54) is 5.56 Å². The molecule has 4 nitrogen and oxygen atoms in total. The van der Waals surface area contributed by atoms with Crippen LogP contribution in [0.25, 0.3) is 0 Å². The summed E-state index contributed by atoms with van der Waals surface area (Å²) in [5.41, 5.74) is 7.57. The Morgan fingerprint density at radius 3 is 2.47 bits per heavy atom. The Morgan fingerprint density at radius 2 is 1.93 bits per heavy atom. The molecule has 0 bridgehead atoms. The smallest absolute Gasteiger partial charge is 0.155 e. The minimum absolute atomic E-state index is 0.752. The highest BCUT2D eigenvalue weighted by atomic mass is 15.3. The van der Waals surface area contributed by atoms with Gasteiger partial charge in [-0.1, -0.05) is 12.1 Å². The van der Waals surface area contributed by atoms with Crippen molar-refractivity contribution in [3.05, 3.63) is 41.5 Å². The predicted molar refractivity (Wildman–Crippen MR) is 59.4 cm³/mol. The van der Waals surface area contributed by atoms with Gasteiger partial charge < -0.3 is 5.73 Å². The van der Waals surface area contributed by atoms with Gasteiger partial charge in [-0.3, -0.25) is 4.68 Å². The van der Waals surface area contributed by atoms with Crippen LogP contribution in [0.1, 0.15) is 17.2 Å². The molecule has 0 saturated carbocycles. The number of nitrogens with zero attached hydrogens (tertiary/aromatic N) is 3. The second-order valence-electron chi connectivity index (χ2n) is 3.62. The molecule has 1 aromatic carbocycles. The summed E-state index contributed by atoms with van der Waals surface area (Å²) in [7, 11) is 1.90. The van der Waals surface area contributed by atoms with E-state index in [4.69, 9.17) is 5.73 Å². The Morgan fingerprint density at radius 1 is 1.27 bits per heavy atom. The Bertz CT molecular complexity index is 436. The minimum atomic E-state index is 0.752. The zero-order valence-corrected chi connectivity index (χ0v) is 8.94. The van der Waals surface area contributed by atoms with Crippen LogP contribution in [0.2, 0.25) is 0 Å². The standard InChI is InChI=1S/C11H14N4/c1-8-13-11(14-15(8)2)7-9-3-5-10(12)6-4-9/h3-6H,7,12H2,1-2H3. The lowest BCUT2D eigenvalue weighted by Crippen LogP contribution is -1.95. The van der Waals surface area contributed by atoms with Gasteiger partial charge in [-0.15, -0.1) is 0 Å². The van der Waals surface area contributed by atoms with Gasteiger partial charge >= 0.3 is 0 Å². The van der Waals surface area contributed by atoms with E-state index in [9.17, 15) is 0 Å². The predicted octanol–water partition coefficient (Wildman–Crippen LogP) is 1.30. The molecule has 0 radical (unpaired) electrons. The van der Waals surface area contributed by atoms with Gasteiger partial charge in [0.15, 0.2) is 5.82 Å². The lowest BCUT2D eigenvalue weighted by molar-refractivity contribution is 0.724. The first-order valence-corrected chi connectivity index (χ1v) is 4.86. The van der Waals surface area contributed by atoms with Gasteiger partial charge in [0.25, 0.3) is 0 Å². The second-order valence-corrected chi connectivity index (χ2v) is 3.62. The largest absolute Gasteiger partial charge is 0.399 e. The molecule has 0 spiro atoms. The molecule has 0 aliphatic carbocycles. The molecule has 4 heteroatoms. The van der Waals surface area contributed by atoms with E-state index in [0.29, 0.717) is 0 Å². The highest BCUT2D eigenvalue weighted by molar-refractivity contribution is 5.39. The van der Waals surface area contributed by atoms with Crippen molar-refractivity contribution in [2.45, 2.75) is 13.3 Å². The molecule has 0 amide bonds. The molecular weight excluding hydrogens is 188 g/mol. The summed E-state index contributed by atoms with van der Waals surface area (Å²) in [6, 6.07) is 7.79. The molecule has 0 atom stereocenters. The van der Waals surface area contributed by atoms with E-state index in [1.54, 1.807) is 4.68 Å². The molecule has 2 N–H and O–H groups in total. The Balaban J connectivity index is 2.18. The van der Waals surface area contributed by atoms with Crippen LogP contribution < -0.4 is 5.73 Å². The molecular formula is C11H14N4. The average molecular weight is 202 g/mol. The molecule has 78 valence electrons. The van der Waals surface area contributed by atoms with Crippen molar-refractivity contribution in [1.29, 1.82) is 0 Å². The molecule has 2 rings (SSSR count). The lowest BCUT2D eigenvalue weighted by Gasteiger charge is -1.97. The van der Waals surface area contributed by atoms with Crippen LogP contribution in [0.3, 0.4) is 0 Å². The summed E-state index contributed by atoms with van der Waals surface area (Å²) in [5, 5.41) is 4.30. The van der Waals surface area contributed by atoms with Gasteiger partial charge in [-0.2, -0.15) is 5.10 Å². The van der Waals surface area contributed by atoms with Crippen molar-refractivity contribution in [3.8, 4) is 0 Å². The molecule has 0 fully saturated rings. The van der Waals surface area contributed by atoms with E-state index >= 15 is 0 Å². The number of aryl methyl sites for hydroxylation is 2. The van der Waals surface area contributed by atoms with Crippen molar-refractivity contribution < 1.29 is 0 Å².